The number of alkyl halides is 6. The first kappa shape index (κ1) is 20.5. The minimum atomic E-state index is -4.97. The number of benzene rings is 2. The van der Waals surface area contributed by atoms with Crippen LogP contribution in [-0.2, 0) is 12.7 Å². The van der Waals surface area contributed by atoms with E-state index in [0.717, 1.165) is 24.3 Å². The maximum Gasteiger partial charge on any atom is 0.417 e. The zero-order chi connectivity index (χ0) is 20.4. The van der Waals surface area contributed by atoms with Crippen molar-refractivity contribution in [1.82, 2.24) is 0 Å². The van der Waals surface area contributed by atoms with E-state index in [2.05, 4.69) is 0 Å². The summed E-state index contributed by atoms with van der Waals surface area (Å²) in [6, 6.07) is 5.54. The Morgan fingerprint density at radius 1 is 0.926 bits per heavy atom. The van der Waals surface area contributed by atoms with Gasteiger partial charge in [0.2, 0.25) is 0 Å². The second-order valence-electron chi connectivity index (χ2n) is 5.55. The Balaban J connectivity index is 2.50. The molecule has 144 valence electrons. The molecule has 27 heavy (non-hydrogen) atoms. The van der Waals surface area contributed by atoms with Crippen LogP contribution in [0.1, 0.15) is 16.7 Å². The third-order valence-corrected chi connectivity index (χ3v) is 3.54. The Bertz CT molecular complexity index is 865. The first-order valence-corrected chi connectivity index (χ1v) is 7.27. The molecule has 0 aliphatic carbocycles. The monoisotopic (exact) mass is 394 g/mol. The summed E-state index contributed by atoms with van der Waals surface area (Å²) >= 11 is 0. The van der Waals surface area contributed by atoms with Crippen LogP contribution in [0.4, 0.5) is 40.8 Å². The summed E-state index contributed by atoms with van der Waals surface area (Å²) in [5.41, 5.74) is -3.01. The van der Waals surface area contributed by atoms with Crippen LogP contribution in [0.2, 0.25) is 0 Å². The van der Waals surface area contributed by atoms with E-state index in [1.165, 1.54) is 6.07 Å². The van der Waals surface area contributed by atoms with E-state index in [4.69, 9.17) is 5.26 Å². The lowest BCUT2D eigenvalue weighted by Crippen LogP contribution is -2.34. The zero-order valence-electron chi connectivity index (χ0n) is 13.3. The van der Waals surface area contributed by atoms with Crippen molar-refractivity contribution in [2.24, 2.45) is 0 Å². The van der Waals surface area contributed by atoms with Crippen LogP contribution >= 0.6 is 0 Å². The van der Waals surface area contributed by atoms with Gasteiger partial charge >= 0.3 is 12.4 Å². The van der Waals surface area contributed by atoms with Crippen LogP contribution in [-0.4, -0.2) is 12.7 Å². The smallest absolute Gasteiger partial charge is 0.358 e. The van der Waals surface area contributed by atoms with E-state index in [9.17, 15) is 35.1 Å². The fraction of sp³-hybridized carbons (Fsp3) is 0.235. The third-order valence-electron chi connectivity index (χ3n) is 3.54. The number of hydrogen-bond donors (Lipinski definition) is 0. The van der Waals surface area contributed by atoms with E-state index in [1.807, 2.05) is 0 Å². The third kappa shape index (κ3) is 5.32. The summed E-state index contributed by atoms with van der Waals surface area (Å²) in [6.07, 6.45) is -9.77. The SMILES string of the molecule is N#Cc1ccc(N(Cc2ccc(F)cc2F)CC(F)(F)F)cc1C(F)(F)F. The number of nitriles is 1. The summed E-state index contributed by atoms with van der Waals surface area (Å²) in [5.74, 6) is -2.08. The maximum absolute atomic E-state index is 13.8. The second kappa shape index (κ2) is 7.42. The van der Waals surface area contributed by atoms with Crippen LogP contribution in [0.5, 0.6) is 0 Å². The highest BCUT2D eigenvalue weighted by atomic mass is 19.4. The fourth-order valence-corrected chi connectivity index (χ4v) is 2.37. The molecule has 0 atom stereocenters. The van der Waals surface area contributed by atoms with Gasteiger partial charge < -0.3 is 4.90 Å². The lowest BCUT2D eigenvalue weighted by molar-refractivity contribution is -0.137. The molecule has 0 radical (unpaired) electrons. The normalized spacial score (nSPS) is 12.0. The first-order valence-electron chi connectivity index (χ1n) is 7.27. The molecule has 2 aromatic rings. The van der Waals surface area contributed by atoms with Gasteiger partial charge in [-0.25, -0.2) is 8.78 Å². The molecule has 0 aliphatic rings. The largest absolute Gasteiger partial charge is 0.417 e. The highest BCUT2D eigenvalue weighted by molar-refractivity contribution is 5.55. The standard InChI is InChI=1S/C17H10F8N2/c18-12-3-1-11(15(19)5-12)8-27(9-16(20,21)22)13-4-2-10(7-26)14(6-13)17(23,24)25/h1-6H,8-9H2. The van der Waals surface area contributed by atoms with Crippen LogP contribution < -0.4 is 4.90 Å². The van der Waals surface area contributed by atoms with Gasteiger partial charge in [-0.15, -0.1) is 0 Å². The van der Waals surface area contributed by atoms with Crippen molar-refractivity contribution in [1.29, 1.82) is 5.26 Å². The summed E-state index contributed by atoms with van der Waals surface area (Å²) in [7, 11) is 0. The molecule has 0 saturated carbocycles. The number of nitrogens with zero attached hydrogens (tertiary/aromatic N) is 2. The minimum Gasteiger partial charge on any atom is -0.358 e. The highest BCUT2D eigenvalue weighted by Gasteiger charge is 2.36. The van der Waals surface area contributed by atoms with Crippen molar-refractivity contribution in [3.63, 3.8) is 0 Å². The molecule has 2 rings (SSSR count). The number of rotatable bonds is 4. The van der Waals surface area contributed by atoms with Crippen molar-refractivity contribution in [3.05, 3.63) is 64.7 Å². The molecule has 0 spiro atoms. The molecule has 0 saturated heterocycles. The van der Waals surface area contributed by atoms with Gasteiger partial charge in [0, 0.05) is 23.9 Å². The molecule has 0 heterocycles. The topological polar surface area (TPSA) is 27.0 Å². The Morgan fingerprint density at radius 3 is 2.11 bits per heavy atom. The Hall–Kier alpha value is -2.83. The van der Waals surface area contributed by atoms with Gasteiger partial charge in [-0.3, -0.25) is 0 Å². The predicted molar refractivity (Wildman–Crippen MR) is 79.6 cm³/mol. The van der Waals surface area contributed by atoms with Crippen molar-refractivity contribution >= 4 is 5.69 Å². The van der Waals surface area contributed by atoms with Gasteiger partial charge in [0.05, 0.1) is 17.2 Å². The van der Waals surface area contributed by atoms with E-state index in [-0.39, 0.29) is 5.56 Å². The van der Waals surface area contributed by atoms with Crippen LogP contribution in [0.15, 0.2) is 36.4 Å². The average molecular weight is 394 g/mol. The van der Waals surface area contributed by atoms with Gasteiger partial charge in [0.15, 0.2) is 0 Å². The summed E-state index contributed by atoms with van der Waals surface area (Å²) in [4.78, 5) is 0.465. The van der Waals surface area contributed by atoms with Crippen molar-refractivity contribution in [2.45, 2.75) is 18.9 Å². The molecule has 0 aromatic heterocycles. The molecule has 0 aliphatic heterocycles. The lowest BCUT2D eigenvalue weighted by atomic mass is 10.1. The van der Waals surface area contributed by atoms with Gasteiger partial charge in [0.25, 0.3) is 0 Å². The van der Waals surface area contributed by atoms with Gasteiger partial charge in [-0.1, -0.05) is 6.07 Å². The highest BCUT2D eigenvalue weighted by Crippen LogP contribution is 2.35. The predicted octanol–water partition coefficient (Wildman–Crippen LogP) is 5.42. The second-order valence-corrected chi connectivity index (χ2v) is 5.55. The average Bonchev–Trinajstić information content (AvgIpc) is 2.54. The van der Waals surface area contributed by atoms with Crippen LogP contribution in [0.25, 0.3) is 0 Å². The maximum atomic E-state index is 13.8. The molecule has 2 nitrogen and oxygen atoms in total. The molecule has 0 amide bonds. The lowest BCUT2D eigenvalue weighted by Gasteiger charge is -2.27. The Kier molecular flexibility index (Phi) is 5.63. The minimum absolute atomic E-state index is 0.335. The van der Waals surface area contributed by atoms with Crippen LogP contribution in [0, 0.1) is 23.0 Å². The molecule has 0 unspecified atom stereocenters. The molecule has 10 heteroatoms. The molecule has 0 fully saturated rings. The first-order chi connectivity index (χ1) is 12.4. The number of halogens is 8. The number of hydrogen-bond acceptors (Lipinski definition) is 2. The van der Waals surface area contributed by atoms with Crippen molar-refractivity contribution < 1.29 is 35.1 Å². The fourth-order valence-electron chi connectivity index (χ4n) is 2.37. The van der Waals surface area contributed by atoms with Crippen molar-refractivity contribution in [3.8, 4) is 6.07 Å². The molecular formula is C17H10F8N2. The summed E-state index contributed by atoms with van der Waals surface area (Å²) < 4.78 is 105. The number of anilines is 1. The van der Waals surface area contributed by atoms with Crippen LogP contribution in [0.3, 0.4) is 0 Å². The van der Waals surface area contributed by atoms with Gasteiger partial charge in [0.1, 0.15) is 18.2 Å². The van der Waals surface area contributed by atoms with Gasteiger partial charge in [-0.2, -0.15) is 31.6 Å². The van der Waals surface area contributed by atoms with E-state index >= 15 is 0 Å². The van der Waals surface area contributed by atoms with Crippen molar-refractivity contribution in [2.75, 3.05) is 11.4 Å². The molecule has 2 aromatic carbocycles. The molecule has 0 N–H and O–H groups in total. The summed E-state index contributed by atoms with van der Waals surface area (Å²) in [5, 5.41) is 8.77. The Labute approximate surface area is 148 Å². The zero-order valence-corrected chi connectivity index (χ0v) is 13.3. The molecule has 0 bridgehead atoms. The van der Waals surface area contributed by atoms with E-state index < -0.39 is 53.9 Å². The van der Waals surface area contributed by atoms with E-state index in [1.54, 1.807) is 0 Å². The van der Waals surface area contributed by atoms with E-state index in [0.29, 0.717) is 17.0 Å². The quantitative estimate of drug-likeness (QED) is 0.648. The molecular weight excluding hydrogens is 384 g/mol. The van der Waals surface area contributed by atoms with Gasteiger partial charge in [-0.05, 0) is 24.3 Å². The summed E-state index contributed by atoms with van der Waals surface area (Å²) in [6.45, 7) is -2.43. The Morgan fingerprint density at radius 2 is 1.59 bits per heavy atom.